The van der Waals surface area contributed by atoms with Crippen molar-refractivity contribution < 1.29 is 23.1 Å². The second-order valence-corrected chi connectivity index (χ2v) is 8.76. The number of aliphatic carboxylic acids is 1. The number of amides is 1. The second kappa shape index (κ2) is 6.91. The summed E-state index contributed by atoms with van der Waals surface area (Å²) in [6, 6.07) is 6.55. The SMILES string of the molecule is CC(C)(C)S(=O)(=O)Cc1cccc(NC(=O)CCC(=O)O)c1. The van der Waals surface area contributed by atoms with Crippen LogP contribution in [-0.2, 0) is 25.2 Å². The number of anilines is 1. The lowest BCUT2D eigenvalue weighted by Crippen LogP contribution is -2.29. The normalized spacial score (nSPS) is 12.0. The Balaban J connectivity index is 2.79. The maximum atomic E-state index is 12.2. The van der Waals surface area contributed by atoms with Gasteiger partial charge in [-0.2, -0.15) is 0 Å². The van der Waals surface area contributed by atoms with Gasteiger partial charge in [-0.05, 0) is 38.5 Å². The number of rotatable bonds is 6. The molecule has 0 aliphatic carbocycles. The monoisotopic (exact) mass is 327 g/mol. The minimum atomic E-state index is -3.31. The van der Waals surface area contributed by atoms with Crippen molar-refractivity contribution in [1.29, 1.82) is 0 Å². The van der Waals surface area contributed by atoms with E-state index in [0.29, 0.717) is 11.3 Å². The van der Waals surface area contributed by atoms with Gasteiger partial charge in [0, 0.05) is 12.1 Å². The summed E-state index contributed by atoms with van der Waals surface area (Å²) in [4.78, 5) is 22.0. The summed E-state index contributed by atoms with van der Waals surface area (Å²) >= 11 is 0. The first-order valence-corrected chi connectivity index (χ1v) is 8.49. The lowest BCUT2D eigenvalue weighted by Gasteiger charge is -2.19. The average molecular weight is 327 g/mol. The first-order chi connectivity index (χ1) is 10.0. The molecular weight excluding hydrogens is 306 g/mol. The van der Waals surface area contributed by atoms with Gasteiger partial charge in [0.2, 0.25) is 5.91 Å². The van der Waals surface area contributed by atoms with Crippen LogP contribution in [0.3, 0.4) is 0 Å². The van der Waals surface area contributed by atoms with Gasteiger partial charge in [0.1, 0.15) is 0 Å². The zero-order valence-corrected chi connectivity index (χ0v) is 13.7. The van der Waals surface area contributed by atoms with Gasteiger partial charge in [-0.25, -0.2) is 8.42 Å². The van der Waals surface area contributed by atoms with E-state index in [-0.39, 0.29) is 18.6 Å². The summed E-state index contributed by atoms with van der Waals surface area (Å²) in [6.45, 7) is 4.92. The van der Waals surface area contributed by atoms with E-state index >= 15 is 0 Å². The van der Waals surface area contributed by atoms with Crippen LogP contribution < -0.4 is 5.32 Å². The van der Waals surface area contributed by atoms with Crippen LogP contribution in [0, 0.1) is 0 Å². The van der Waals surface area contributed by atoms with E-state index in [1.807, 2.05) is 0 Å². The minimum absolute atomic E-state index is 0.116. The molecule has 0 aromatic heterocycles. The van der Waals surface area contributed by atoms with Crippen LogP contribution in [-0.4, -0.2) is 30.1 Å². The summed E-state index contributed by atoms with van der Waals surface area (Å²) in [7, 11) is -3.31. The second-order valence-electron chi connectivity index (χ2n) is 6.01. The Morgan fingerprint density at radius 3 is 2.36 bits per heavy atom. The van der Waals surface area contributed by atoms with Crippen LogP contribution in [0.25, 0.3) is 0 Å². The van der Waals surface area contributed by atoms with Crippen molar-refractivity contribution >= 4 is 27.4 Å². The number of carbonyl (C=O) groups excluding carboxylic acids is 1. The molecule has 0 saturated carbocycles. The van der Waals surface area contributed by atoms with Crippen LogP contribution >= 0.6 is 0 Å². The van der Waals surface area contributed by atoms with E-state index in [1.165, 1.54) is 0 Å². The Morgan fingerprint density at radius 2 is 1.82 bits per heavy atom. The Kier molecular flexibility index (Phi) is 5.71. The number of sulfone groups is 1. The molecular formula is C15H21NO5S. The highest BCUT2D eigenvalue weighted by molar-refractivity contribution is 7.91. The fourth-order valence-corrected chi connectivity index (χ4v) is 2.67. The van der Waals surface area contributed by atoms with E-state index in [9.17, 15) is 18.0 Å². The van der Waals surface area contributed by atoms with Gasteiger partial charge >= 0.3 is 5.97 Å². The van der Waals surface area contributed by atoms with Gasteiger partial charge in [-0.1, -0.05) is 12.1 Å². The van der Waals surface area contributed by atoms with Crippen molar-refractivity contribution in [1.82, 2.24) is 0 Å². The first-order valence-electron chi connectivity index (χ1n) is 6.84. The molecule has 0 atom stereocenters. The number of hydrogen-bond donors (Lipinski definition) is 2. The van der Waals surface area contributed by atoms with Crippen molar-refractivity contribution in [2.24, 2.45) is 0 Å². The minimum Gasteiger partial charge on any atom is -0.481 e. The molecule has 0 heterocycles. The molecule has 0 aliphatic rings. The molecule has 2 N–H and O–H groups in total. The first kappa shape index (κ1) is 18.2. The molecule has 0 saturated heterocycles. The summed E-state index contributed by atoms with van der Waals surface area (Å²) in [6.07, 6.45) is -0.371. The molecule has 0 bridgehead atoms. The number of carbonyl (C=O) groups is 2. The van der Waals surface area contributed by atoms with E-state index in [1.54, 1.807) is 45.0 Å². The summed E-state index contributed by atoms with van der Waals surface area (Å²) in [5.74, 6) is -1.58. The Hall–Kier alpha value is -1.89. The number of carboxylic acid groups (broad SMARTS) is 1. The smallest absolute Gasteiger partial charge is 0.303 e. The fourth-order valence-electron chi connectivity index (χ4n) is 1.62. The average Bonchev–Trinajstić information content (AvgIpc) is 2.35. The number of benzene rings is 1. The quantitative estimate of drug-likeness (QED) is 0.834. The number of carboxylic acids is 1. The molecule has 1 aromatic carbocycles. The third kappa shape index (κ3) is 5.48. The van der Waals surface area contributed by atoms with Crippen LogP contribution in [0.1, 0.15) is 39.2 Å². The molecule has 6 nitrogen and oxygen atoms in total. The molecule has 0 fully saturated rings. The van der Waals surface area contributed by atoms with Crippen molar-refractivity contribution in [3.05, 3.63) is 29.8 Å². The van der Waals surface area contributed by atoms with Crippen LogP contribution in [0.4, 0.5) is 5.69 Å². The molecule has 0 radical (unpaired) electrons. The number of hydrogen-bond acceptors (Lipinski definition) is 4. The van der Waals surface area contributed by atoms with Crippen LogP contribution in [0.2, 0.25) is 0 Å². The summed E-state index contributed by atoms with van der Waals surface area (Å²) in [5, 5.41) is 11.1. The van der Waals surface area contributed by atoms with Crippen molar-refractivity contribution in [2.75, 3.05) is 5.32 Å². The Bertz CT molecular complexity index is 659. The van der Waals surface area contributed by atoms with E-state index < -0.39 is 26.5 Å². The predicted molar refractivity (Wildman–Crippen MR) is 84.3 cm³/mol. The molecule has 1 rings (SSSR count). The summed E-state index contributed by atoms with van der Waals surface area (Å²) < 4.78 is 23.5. The molecule has 1 aromatic rings. The van der Waals surface area contributed by atoms with Crippen molar-refractivity contribution in [2.45, 2.75) is 44.1 Å². The fraction of sp³-hybridized carbons (Fsp3) is 0.467. The topological polar surface area (TPSA) is 101 Å². The highest BCUT2D eigenvalue weighted by Gasteiger charge is 2.28. The van der Waals surface area contributed by atoms with Crippen LogP contribution in [0.15, 0.2) is 24.3 Å². The molecule has 1 amide bonds. The maximum Gasteiger partial charge on any atom is 0.303 e. The zero-order chi connectivity index (χ0) is 17.0. The largest absolute Gasteiger partial charge is 0.481 e. The van der Waals surface area contributed by atoms with Crippen molar-refractivity contribution in [3.63, 3.8) is 0 Å². The maximum absolute atomic E-state index is 12.2. The molecule has 22 heavy (non-hydrogen) atoms. The van der Waals surface area contributed by atoms with E-state index in [0.717, 1.165) is 0 Å². The standard InChI is InChI=1S/C15H21NO5S/c1-15(2,3)22(20,21)10-11-5-4-6-12(9-11)16-13(17)7-8-14(18)19/h4-6,9H,7-8,10H2,1-3H3,(H,16,17)(H,18,19). The highest BCUT2D eigenvalue weighted by Crippen LogP contribution is 2.22. The van der Waals surface area contributed by atoms with E-state index in [2.05, 4.69) is 5.32 Å². The lowest BCUT2D eigenvalue weighted by molar-refractivity contribution is -0.138. The lowest BCUT2D eigenvalue weighted by atomic mass is 10.2. The highest BCUT2D eigenvalue weighted by atomic mass is 32.2. The zero-order valence-electron chi connectivity index (χ0n) is 12.9. The predicted octanol–water partition coefficient (Wildman–Crippen LogP) is 2.20. The van der Waals surface area contributed by atoms with Gasteiger partial charge in [-0.15, -0.1) is 0 Å². The van der Waals surface area contributed by atoms with Gasteiger partial charge in [0.05, 0.1) is 16.9 Å². The van der Waals surface area contributed by atoms with Gasteiger partial charge in [-0.3, -0.25) is 9.59 Å². The molecule has 122 valence electrons. The third-order valence-electron chi connectivity index (χ3n) is 3.07. The van der Waals surface area contributed by atoms with Crippen LogP contribution in [0.5, 0.6) is 0 Å². The molecule has 0 aliphatic heterocycles. The Labute approximate surface area is 130 Å². The molecule has 7 heteroatoms. The van der Waals surface area contributed by atoms with Crippen molar-refractivity contribution in [3.8, 4) is 0 Å². The van der Waals surface area contributed by atoms with Gasteiger partial charge in [0.25, 0.3) is 0 Å². The summed E-state index contributed by atoms with van der Waals surface area (Å²) in [5.41, 5.74) is 1.03. The molecule has 0 unspecified atom stereocenters. The van der Waals surface area contributed by atoms with Gasteiger partial charge < -0.3 is 10.4 Å². The molecule has 0 spiro atoms. The Morgan fingerprint density at radius 1 is 1.18 bits per heavy atom. The number of nitrogens with one attached hydrogen (secondary N) is 1. The van der Waals surface area contributed by atoms with E-state index in [4.69, 9.17) is 5.11 Å². The van der Waals surface area contributed by atoms with Gasteiger partial charge in [0.15, 0.2) is 9.84 Å². The third-order valence-corrected chi connectivity index (χ3v) is 5.65.